The lowest BCUT2D eigenvalue weighted by Crippen LogP contribution is -2.47. The predicted octanol–water partition coefficient (Wildman–Crippen LogP) is 4.70. The minimum absolute atomic E-state index is 0.0439. The summed E-state index contributed by atoms with van der Waals surface area (Å²) in [7, 11) is 0. The van der Waals surface area contributed by atoms with Gasteiger partial charge in [0.05, 0.1) is 29.2 Å². The first-order valence-electron chi connectivity index (χ1n) is 8.40. The Hall–Kier alpha value is -2.49. The van der Waals surface area contributed by atoms with Gasteiger partial charge in [-0.05, 0) is 35.9 Å². The molecule has 1 saturated heterocycles. The SMILES string of the molecule is N#CC1=C2SCN(c3cccc(Cl)c3)CN2C(=O)CC1c1ccc(F)cc1. The second kappa shape index (κ2) is 7.26. The molecule has 4 nitrogen and oxygen atoms in total. The summed E-state index contributed by atoms with van der Waals surface area (Å²) in [5.74, 6) is -0.101. The van der Waals surface area contributed by atoms with E-state index < -0.39 is 0 Å². The molecule has 2 aliphatic heterocycles. The van der Waals surface area contributed by atoms with Gasteiger partial charge < -0.3 is 4.90 Å². The molecule has 1 amide bonds. The number of hydrogen-bond donors (Lipinski definition) is 0. The number of nitriles is 1. The summed E-state index contributed by atoms with van der Waals surface area (Å²) in [6, 6.07) is 15.8. The number of thioether (sulfide) groups is 1. The second-order valence-corrected chi connectivity index (χ2v) is 7.77. The van der Waals surface area contributed by atoms with Crippen molar-refractivity contribution in [2.75, 3.05) is 17.4 Å². The number of hydrogen-bond acceptors (Lipinski definition) is 4. The van der Waals surface area contributed by atoms with E-state index in [1.807, 2.05) is 23.1 Å². The topological polar surface area (TPSA) is 47.3 Å². The van der Waals surface area contributed by atoms with Gasteiger partial charge in [-0.15, -0.1) is 0 Å². The van der Waals surface area contributed by atoms with Crippen LogP contribution in [0, 0.1) is 17.1 Å². The molecule has 1 unspecified atom stereocenters. The zero-order chi connectivity index (χ0) is 19.0. The van der Waals surface area contributed by atoms with Gasteiger partial charge in [0, 0.05) is 23.0 Å². The summed E-state index contributed by atoms with van der Waals surface area (Å²) in [6.07, 6.45) is 0.196. The molecule has 0 N–H and O–H groups in total. The number of halogens is 2. The summed E-state index contributed by atoms with van der Waals surface area (Å²) >= 11 is 7.55. The van der Waals surface area contributed by atoms with Crippen LogP contribution in [0.25, 0.3) is 0 Å². The number of carbonyl (C=O) groups is 1. The van der Waals surface area contributed by atoms with Crippen molar-refractivity contribution in [2.24, 2.45) is 0 Å². The lowest BCUT2D eigenvalue weighted by atomic mass is 9.86. The number of fused-ring (bicyclic) bond motifs is 1. The number of anilines is 1. The number of rotatable bonds is 2. The van der Waals surface area contributed by atoms with Crippen molar-refractivity contribution in [1.29, 1.82) is 5.26 Å². The van der Waals surface area contributed by atoms with Crippen LogP contribution in [0.1, 0.15) is 17.9 Å². The van der Waals surface area contributed by atoms with Crippen molar-refractivity contribution in [3.05, 3.63) is 75.5 Å². The van der Waals surface area contributed by atoms with E-state index in [4.69, 9.17) is 11.6 Å². The molecule has 1 fully saturated rings. The van der Waals surface area contributed by atoms with Crippen LogP contribution in [-0.4, -0.2) is 23.4 Å². The summed E-state index contributed by atoms with van der Waals surface area (Å²) in [4.78, 5) is 16.5. The number of carbonyl (C=O) groups excluding carboxylic acids is 1. The van der Waals surface area contributed by atoms with Gasteiger partial charge in [-0.1, -0.05) is 41.6 Å². The molecule has 7 heteroatoms. The number of amides is 1. The van der Waals surface area contributed by atoms with E-state index >= 15 is 0 Å². The van der Waals surface area contributed by atoms with Gasteiger partial charge in [0.2, 0.25) is 5.91 Å². The average Bonchev–Trinajstić information content (AvgIpc) is 2.68. The summed E-state index contributed by atoms with van der Waals surface area (Å²) in [6.45, 7) is 0.378. The Kier molecular flexibility index (Phi) is 4.81. The molecule has 136 valence electrons. The van der Waals surface area contributed by atoms with Crippen LogP contribution in [0.3, 0.4) is 0 Å². The van der Waals surface area contributed by atoms with E-state index in [1.54, 1.807) is 23.1 Å². The number of allylic oxidation sites excluding steroid dienone is 1. The molecular weight excluding hydrogens is 385 g/mol. The smallest absolute Gasteiger partial charge is 0.229 e. The molecule has 2 aromatic carbocycles. The third-order valence-electron chi connectivity index (χ3n) is 4.74. The van der Waals surface area contributed by atoms with Gasteiger partial charge in [-0.2, -0.15) is 5.26 Å². The van der Waals surface area contributed by atoms with Crippen LogP contribution < -0.4 is 4.90 Å². The van der Waals surface area contributed by atoms with E-state index in [1.165, 1.54) is 23.9 Å². The maximum atomic E-state index is 13.2. The third kappa shape index (κ3) is 3.41. The van der Waals surface area contributed by atoms with E-state index in [0.29, 0.717) is 28.2 Å². The lowest BCUT2D eigenvalue weighted by Gasteiger charge is -2.42. The summed E-state index contributed by atoms with van der Waals surface area (Å²) in [5, 5.41) is 11.1. The quantitative estimate of drug-likeness (QED) is 0.734. The Bertz CT molecular complexity index is 970. The fourth-order valence-electron chi connectivity index (χ4n) is 3.38. The first kappa shape index (κ1) is 17.9. The monoisotopic (exact) mass is 399 g/mol. The zero-order valence-electron chi connectivity index (χ0n) is 14.2. The highest BCUT2D eigenvalue weighted by molar-refractivity contribution is 8.03. The first-order chi connectivity index (χ1) is 13.1. The number of benzene rings is 2. The van der Waals surface area contributed by atoms with Crippen LogP contribution in [0.4, 0.5) is 10.1 Å². The van der Waals surface area contributed by atoms with Crippen molar-refractivity contribution in [3.63, 3.8) is 0 Å². The van der Waals surface area contributed by atoms with Crippen LogP contribution in [0.15, 0.2) is 59.1 Å². The molecule has 0 spiro atoms. The van der Waals surface area contributed by atoms with E-state index in [2.05, 4.69) is 6.07 Å². The van der Waals surface area contributed by atoms with Crippen molar-refractivity contribution in [2.45, 2.75) is 12.3 Å². The summed E-state index contributed by atoms with van der Waals surface area (Å²) in [5.41, 5.74) is 2.28. The maximum absolute atomic E-state index is 13.2. The Morgan fingerprint density at radius 1 is 1.22 bits per heavy atom. The van der Waals surface area contributed by atoms with Gasteiger partial charge in [0.1, 0.15) is 5.82 Å². The van der Waals surface area contributed by atoms with Crippen molar-refractivity contribution < 1.29 is 9.18 Å². The molecular formula is C20H15ClFN3OS. The van der Waals surface area contributed by atoms with E-state index in [9.17, 15) is 14.4 Å². The predicted molar refractivity (Wildman–Crippen MR) is 104 cm³/mol. The highest BCUT2D eigenvalue weighted by Crippen LogP contribution is 2.43. The molecule has 1 atom stereocenters. The Labute approximate surface area is 165 Å². The van der Waals surface area contributed by atoms with Crippen LogP contribution in [-0.2, 0) is 4.79 Å². The second-order valence-electron chi connectivity index (χ2n) is 6.40. The highest BCUT2D eigenvalue weighted by atomic mass is 35.5. The molecule has 0 bridgehead atoms. The molecule has 2 heterocycles. The van der Waals surface area contributed by atoms with Gasteiger partial charge >= 0.3 is 0 Å². The molecule has 0 aliphatic carbocycles. The maximum Gasteiger partial charge on any atom is 0.229 e. The summed E-state index contributed by atoms with van der Waals surface area (Å²) < 4.78 is 13.2. The Morgan fingerprint density at radius 3 is 2.70 bits per heavy atom. The van der Waals surface area contributed by atoms with Crippen molar-refractivity contribution >= 4 is 35.0 Å². The standard InChI is InChI=1S/C20H15ClFN3OS/c21-14-2-1-3-16(8-14)24-11-25-19(26)9-17(13-4-6-15(22)7-5-13)18(10-23)20(25)27-12-24/h1-8,17H,9,11-12H2. The van der Waals surface area contributed by atoms with Crippen molar-refractivity contribution in [3.8, 4) is 6.07 Å². The van der Waals surface area contributed by atoms with Gasteiger partial charge in [-0.3, -0.25) is 9.69 Å². The molecule has 2 aliphatic rings. The highest BCUT2D eigenvalue weighted by Gasteiger charge is 2.38. The average molecular weight is 400 g/mol. The third-order valence-corrected chi connectivity index (χ3v) is 6.13. The molecule has 0 aromatic heterocycles. The van der Waals surface area contributed by atoms with E-state index in [0.717, 1.165) is 11.3 Å². The van der Waals surface area contributed by atoms with Crippen LogP contribution in [0.5, 0.6) is 0 Å². The van der Waals surface area contributed by atoms with E-state index in [-0.39, 0.29) is 24.1 Å². The number of nitrogens with zero attached hydrogens (tertiary/aromatic N) is 3. The van der Waals surface area contributed by atoms with Gasteiger partial charge in [-0.25, -0.2) is 4.39 Å². The minimum atomic E-state index is -0.335. The van der Waals surface area contributed by atoms with Crippen LogP contribution in [0.2, 0.25) is 5.02 Å². The molecule has 2 aromatic rings. The minimum Gasteiger partial charge on any atom is -0.344 e. The molecule has 0 radical (unpaired) electrons. The van der Waals surface area contributed by atoms with Crippen molar-refractivity contribution in [1.82, 2.24) is 4.90 Å². The molecule has 0 saturated carbocycles. The largest absolute Gasteiger partial charge is 0.344 e. The lowest BCUT2D eigenvalue weighted by molar-refractivity contribution is -0.129. The normalized spacial score (nSPS) is 19.7. The molecule has 27 heavy (non-hydrogen) atoms. The molecule has 4 rings (SSSR count). The fourth-order valence-corrected chi connectivity index (χ4v) is 4.73. The van der Waals surface area contributed by atoms with Gasteiger partial charge in [0.25, 0.3) is 0 Å². The first-order valence-corrected chi connectivity index (χ1v) is 9.76. The fraction of sp³-hybridized carbons (Fsp3) is 0.200. The Balaban J connectivity index is 1.66. The van der Waals surface area contributed by atoms with Crippen LogP contribution >= 0.6 is 23.4 Å². The Morgan fingerprint density at radius 2 is 2.00 bits per heavy atom. The zero-order valence-corrected chi connectivity index (χ0v) is 15.8. The van der Waals surface area contributed by atoms with Gasteiger partial charge in [0.15, 0.2) is 0 Å².